The number of amides is 3. The van der Waals surface area contributed by atoms with Gasteiger partial charge in [-0.1, -0.05) is 23.7 Å². The second-order valence-electron chi connectivity index (χ2n) is 4.72. The van der Waals surface area contributed by atoms with Crippen LogP contribution < -0.4 is 21.1 Å². The summed E-state index contributed by atoms with van der Waals surface area (Å²) in [6, 6.07) is 11.2. The molecule has 0 bridgehead atoms. The number of halogens is 1. The SMILES string of the molecule is COc1ccc(NC(=O)c2ccc(CNC(N)=O)cc2)cc1Cl. The molecule has 0 unspecified atom stereocenters. The lowest BCUT2D eigenvalue weighted by Crippen LogP contribution is -2.28. The lowest BCUT2D eigenvalue weighted by Gasteiger charge is -2.09. The van der Waals surface area contributed by atoms with Crippen molar-refractivity contribution in [1.29, 1.82) is 0 Å². The van der Waals surface area contributed by atoms with Crippen LogP contribution in [0.4, 0.5) is 10.5 Å². The van der Waals surface area contributed by atoms with E-state index in [0.29, 0.717) is 28.6 Å². The molecule has 0 fully saturated rings. The molecule has 0 saturated heterocycles. The molecule has 0 atom stereocenters. The number of benzene rings is 2. The number of urea groups is 1. The second kappa shape index (κ2) is 7.51. The number of hydrogen-bond donors (Lipinski definition) is 3. The van der Waals surface area contributed by atoms with E-state index in [9.17, 15) is 9.59 Å². The normalized spacial score (nSPS) is 10.0. The summed E-state index contributed by atoms with van der Waals surface area (Å²) < 4.78 is 5.06. The van der Waals surface area contributed by atoms with Gasteiger partial charge in [-0.05, 0) is 35.9 Å². The van der Waals surface area contributed by atoms with Crippen LogP contribution in [0, 0.1) is 0 Å². The first-order valence-corrected chi connectivity index (χ1v) is 7.14. The van der Waals surface area contributed by atoms with E-state index in [1.807, 2.05) is 0 Å². The van der Waals surface area contributed by atoms with Crippen molar-refractivity contribution in [2.75, 3.05) is 12.4 Å². The maximum Gasteiger partial charge on any atom is 0.312 e. The molecular formula is C16H16ClN3O3. The first-order valence-electron chi connectivity index (χ1n) is 6.76. The average Bonchev–Trinajstić information content (AvgIpc) is 2.53. The van der Waals surface area contributed by atoms with E-state index in [4.69, 9.17) is 22.1 Å². The van der Waals surface area contributed by atoms with Crippen LogP contribution in [0.5, 0.6) is 5.75 Å². The molecule has 0 saturated carbocycles. The first-order chi connectivity index (χ1) is 11.0. The predicted octanol–water partition coefficient (Wildman–Crippen LogP) is 2.77. The fraction of sp³-hybridized carbons (Fsp3) is 0.125. The number of primary amides is 1. The summed E-state index contributed by atoms with van der Waals surface area (Å²) in [7, 11) is 1.52. The highest BCUT2D eigenvalue weighted by molar-refractivity contribution is 6.32. The Labute approximate surface area is 138 Å². The van der Waals surface area contributed by atoms with Crippen molar-refractivity contribution in [2.45, 2.75) is 6.54 Å². The zero-order valence-electron chi connectivity index (χ0n) is 12.4. The quantitative estimate of drug-likeness (QED) is 0.785. The Bertz CT molecular complexity index is 717. The lowest BCUT2D eigenvalue weighted by atomic mass is 10.1. The Hall–Kier alpha value is -2.73. The fourth-order valence-corrected chi connectivity index (χ4v) is 2.17. The molecule has 6 nitrogen and oxygen atoms in total. The Morgan fingerprint density at radius 2 is 1.87 bits per heavy atom. The molecule has 7 heteroatoms. The summed E-state index contributed by atoms with van der Waals surface area (Å²) in [4.78, 5) is 22.8. The molecule has 0 aromatic heterocycles. The van der Waals surface area contributed by atoms with Gasteiger partial charge >= 0.3 is 6.03 Å². The minimum absolute atomic E-state index is 0.263. The Morgan fingerprint density at radius 1 is 1.17 bits per heavy atom. The van der Waals surface area contributed by atoms with Crippen molar-refractivity contribution in [1.82, 2.24) is 5.32 Å². The average molecular weight is 334 g/mol. The number of ether oxygens (including phenoxy) is 1. The van der Waals surface area contributed by atoms with Crippen molar-refractivity contribution in [3.05, 3.63) is 58.6 Å². The molecule has 4 N–H and O–H groups in total. The summed E-state index contributed by atoms with van der Waals surface area (Å²) in [6.45, 7) is 0.311. The number of methoxy groups -OCH3 is 1. The van der Waals surface area contributed by atoms with Crippen LogP contribution in [-0.2, 0) is 6.54 Å². The largest absolute Gasteiger partial charge is 0.495 e. The molecule has 120 valence electrons. The number of nitrogens with two attached hydrogens (primary N) is 1. The summed E-state index contributed by atoms with van der Waals surface area (Å²) in [5.74, 6) is 0.275. The van der Waals surface area contributed by atoms with E-state index in [1.165, 1.54) is 7.11 Å². The van der Waals surface area contributed by atoms with E-state index in [2.05, 4.69) is 10.6 Å². The minimum atomic E-state index is -0.594. The Balaban J connectivity index is 2.03. The number of carbonyl (C=O) groups is 2. The highest BCUT2D eigenvalue weighted by atomic mass is 35.5. The standard InChI is InChI=1S/C16H16ClN3O3/c1-23-14-7-6-12(8-13(14)17)20-15(21)11-4-2-10(3-5-11)9-19-16(18)22/h2-8H,9H2,1H3,(H,20,21)(H3,18,19,22). The zero-order chi connectivity index (χ0) is 16.8. The van der Waals surface area contributed by atoms with Crippen molar-refractivity contribution in [2.24, 2.45) is 5.73 Å². The third-order valence-electron chi connectivity index (χ3n) is 3.09. The van der Waals surface area contributed by atoms with Crippen LogP contribution in [0.25, 0.3) is 0 Å². The lowest BCUT2D eigenvalue weighted by molar-refractivity contribution is 0.102. The van der Waals surface area contributed by atoms with Gasteiger partial charge in [0.25, 0.3) is 5.91 Å². The topological polar surface area (TPSA) is 93.4 Å². The Morgan fingerprint density at radius 3 is 2.43 bits per heavy atom. The van der Waals surface area contributed by atoms with E-state index in [0.717, 1.165) is 5.56 Å². The number of nitrogens with one attached hydrogen (secondary N) is 2. The number of carbonyl (C=O) groups excluding carboxylic acids is 2. The molecular weight excluding hydrogens is 318 g/mol. The van der Waals surface area contributed by atoms with Crippen molar-refractivity contribution in [3.8, 4) is 5.75 Å². The van der Waals surface area contributed by atoms with Gasteiger partial charge in [0.05, 0.1) is 12.1 Å². The molecule has 2 aromatic carbocycles. The summed E-state index contributed by atoms with van der Waals surface area (Å²) >= 11 is 6.02. The van der Waals surface area contributed by atoms with Crippen LogP contribution in [0.1, 0.15) is 15.9 Å². The van der Waals surface area contributed by atoms with Crippen LogP contribution in [0.3, 0.4) is 0 Å². The third-order valence-corrected chi connectivity index (χ3v) is 3.39. The van der Waals surface area contributed by atoms with Gasteiger partial charge in [-0.3, -0.25) is 4.79 Å². The maximum absolute atomic E-state index is 12.2. The van der Waals surface area contributed by atoms with Gasteiger partial charge in [-0.2, -0.15) is 0 Å². The molecule has 3 amide bonds. The van der Waals surface area contributed by atoms with Crippen LogP contribution in [0.2, 0.25) is 5.02 Å². The molecule has 23 heavy (non-hydrogen) atoms. The number of anilines is 1. The molecule has 0 aliphatic carbocycles. The van der Waals surface area contributed by atoms with Gasteiger partial charge in [0.1, 0.15) is 5.75 Å². The van der Waals surface area contributed by atoms with Crippen LogP contribution >= 0.6 is 11.6 Å². The molecule has 2 aromatic rings. The Kier molecular flexibility index (Phi) is 5.43. The molecule has 2 rings (SSSR count). The van der Waals surface area contributed by atoms with Crippen molar-refractivity contribution >= 4 is 29.2 Å². The van der Waals surface area contributed by atoms with Gasteiger partial charge in [0, 0.05) is 17.8 Å². The molecule has 0 spiro atoms. The van der Waals surface area contributed by atoms with E-state index in [-0.39, 0.29) is 5.91 Å². The van der Waals surface area contributed by atoms with Gasteiger partial charge < -0.3 is 21.1 Å². The van der Waals surface area contributed by atoms with Crippen LogP contribution in [0.15, 0.2) is 42.5 Å². The van der Waals surface area contributed by atoms with Gasteiger partial charge in [-0.15, -0.1) is 0 Å². The summed E-state index contributed by atoms with van der Waals surface area (Å²) in [6.07, 6.45) is 0. The van der Waals surface area contributed by atoms with Gasteiger partial charge in [0.15, 0.2) is 0 Å². The fourth-order valence-electron chi connectivity index (χ4n) is 1.91. The van der Waals surface area contributed by atoms with Crippen LogP contribution in [-0.4, -0.2) is 19.0 Å². The highest BCUT2D eigenvalue weighted by Gasteiger charge is 2.08. The third kappa shape index (κ3) is 4.62. The van der Waals surface area contributed by atoms with Gasteiger partial charge in [-0.25, -0.2) is 4.79 Å². The molecule has 0 aliphatic heterocycles. The maximum atomic E-state index is 12.2. The van der Waals surface area contributed by atoms with Crippen molar-refractivity contribution in [3.63, 3.8) is 0 Å². The van der Waals surface area contributed by atoms with E-state index in [1.54, 1.807) is 42.5 Å². The molecule has 0 heterocycles. The zero-order valence-corrected chi connectivity index (χ0v) is 13.2. The summed E-state index contributed by atoms with van der Waals surface area (Å²) in [5.41, 5.74) is 6.90. The second-order valence-corrected chi connectivity index (χ2v) is 5.13. The first kappa shape index (κ1) is 16.6. The molecule has 0 radical (unpaired) electrons. The predicted molar refractivity (Wildman–Crippen MR) is 88.8 cm³/mol. The van der Waals surface area contributed by atoms with E-state index < -0.39 is 6.03 Å². The van der Waals surface area contributed by atoms with Crippen molar-refractivity contribution < 1.29 is 14.3 Å². The van der Waals surface area contributed by atoms with Gasteiger partial charge in [0.2, 0.25) is 0 Å². The van der Waals surface area contributed by atoms with E-state index >= 15 is 0 Å². The number of rotatable bonds is 5. The highest BCUT2D eigenvalue weighted by Crippen LogP contribution is 2.27. The smallest absolute Gasteiger partial charge is 0.312 e. The molecule has 0 aliphatic rings. The monoisotopic (exact) mass is 333 g/mol. The minimum Gasteiger partial charge on any atom is -0.495 e. The number of hydrogen-bond acceptors (Lipinski definition) is 3. The summed E-state index contributed by atoms with van der Waals surface area (Å²) in [5, 5.41) is 5.65.